The normalized spacial score (nSPS) is 17.9. The molecule has 3 aromatic rings. The molecule has 0 radical (unpaired) electrons. The number of ketones is 1. The van der Waals surface area contributed by atoms with E-state index < -0.39 is 41.0 Å². The molecule has 1 fully saturated rings. The van der Waals surface area contributed by atoms with Crippen LogP contribution in [0.15, 0.2) is 72.3 Å². The number of aliphatic hydroxyl groups is 1. The SMILES string of the molecule is Cc1cc(/C(O)=C2/C(=O)C(=O)N(c3ccc(C(F)(F)F)cc3)C2c2ccc(O)cc2)ccc1F. The molecule has 174 valence electrons. The smallest absolute Gasteiger partial charge is 0.416 e. The number of halogens is 4. The third kappa shape index (κ3) is 4.00. The van der Waals surface area contributed by atoms with Crippen LogP contribution < -0.4 is 4.90 Å². The summed E-state index contributed by atoms with van der Waals surface area (Å²) in [6.07, 6.45) is -4.59. The Labute approximate surface area is 191 Å². The van der Waals surface area contributed by atoms with Gasteiger partial charge in [0.15, 0.2) is 0 Å². The number of anilines is 1. The zero-order valence-electron chi connectivity index (χ0n) is 17.6. The van der Waals surface area contributed by atoms with Crippen LogP contribution in [0.4, 0.5) is 23.2 Å². The topological polar surface area (TPSA) is 77.8 Å². The number of Topliss-reactive ketones (excluding diaryl/α,β-unsaturated/α-hetero) is 1. The van der Waals surface area contributed by atoms with Crippen LogP contribution in [-0.2, 0) is 15.8 Å². The molecular formula is C25H17F4NO4. The summed E-state index contributed by atoms with van der Waals surface area (Å²) in [5, 5.41) is 20.6. The zero-order valence-corrected chi connectivity index (χ0v) is 17.6. The fourth-order valence-electron chi connectivity index (χ4n) is 3.83. The fourth-order valence-corrected chi connectivity index (χ4v) is 3.83. The van der Waals surface area contributed by atoms with Gasteiger partial charge in [-0.3, -0.25) is 14.5 Å². The van der Waals surface area contributed by atoms with Crippen LogP contribution in [0.3, 0.4) is 0 Å². The average molecular weight is 471 g/mol. The molecule has 0 aliphatic carbocycles. The van der Waals surface area contributed by atoms with Crippen molar-refractivity contribution < 1.29 is 37.4 Å². The van der Waals surface area contributed by atoms with Gasteiger partial charge in [0.2, 0.25) is 0 Å². The number of hydrogen-bond donors (Lipinski definition) is 2. The molecule has 0 spiro atoms. The monoisotopic (exact) mass is 471 g/mol. The molecule has 3 aromatic carbocycles. The molecule has 1 saturated heterocycles. The maximum absolute atomic E-state index is 13.7. The summed E-state index contributed by atoms with van der Waals surface area (Å²) in [7, 11) is 0. The predicted molar refractivity (Wildman–Crippen MR) is 115 cm³/mol. The first kappa shape index (κ1) is 23.0. The maximum atomic E-state index is 13.7. The summed E-state index contributed by atoms with van der Waals surface area (Å²) in [6, 6.07) is 11.6. The summed E-state index contributed by atoms with van der Waals surface area (Å²) >= 11 is 0. The summed E-state index contributed by atoms with van der Waals surface area (Å²) in [5.41, 5.74) is -0.646. The number of phenols is 1. The number of hydrogen-bond acceptors (Lipinski definition) is 4. The number of phenolic OH excluding ortho intramolecular Hbond substituents is 1. The van der Waals surface area contributed by atoms with Gasteiger partial charge in [-0.05, 0) is 72.6 Å². The van der Waals surface area contributed by atoms with Crippen molar-refractivity contribution in [3.05, 3.63) is 100 Å². The second-order valence-corrected chi connectivity index (χ2v) is 7.77. The number of carbonyl (C=O) groups excluding carboxylic acids is 2. The molecule has 0 aromatic heterocycles. The largest absolute Gasteiger partial charge is 0.508 e. The van der Waals surface area contributed by atoms with Crippen molar-refractivity contribution in [3.8, 4) is 5.75 Å². The molecular weight excluding hydrogens is 454 g/mol. The predicted octanol–water partition coefficient (Wildman–Crippen LogP) is 5.48. The summed E-state index contributed by atoms with van der Waals surface area (Å²) in [6.45, 7) is 1.46. The Bertz CT molecular complexity index is 1310. The Kier molecular flexibility index (Phi) is 5.64. The minimum atomic E-state index is -4.59. The number of alkyl halides is 3. The van der Waals surface area contributed by atoms with E-state index in [2.05, 4.69) is 0 Å². The number of benzene rings is 3. The lowest BCUT2D eigenvalue weighted by molar-refractivity contribution is -0.137. The Morgan fingerprint density at radius 1 is 0.941 bits per heavy atom. The van der Waals surface area contributed by atoms with E-state index in [-0.39, 0.29) is 28.1 Å². The third-order valence-corrected chi connectivity index (χ3v) is 5.56. The highest BCUT2D eigenvalue weighted by atomic mass is 19.4. The van der Waals surface area contributed by atoms with Crippen molar-refractivity contribution in [2.45, 2.75) is 19.1 Å². The molecule has 0 bridgehead atoms. The Morgan fingerprint density at radius 2 is 1.56 bits per heavy atom. The number of aryl methyl sites for hydroxylation is 1. The van der Waals surface area contributed by atoms with Crippen molar-refractivity contribution in [1.82, 2.24) is 0 Å². The van der Waals surface area contributed by atoms with Gasteiger partial charge < -0.3 is 10.2 Å². The average Bonchev–Trinajstić information content (AvgIpc) is 3.06. The quantitative estimate of drug-likeness (QED) is 0.229. The van der Waals surface area contributed by atoms with E-state index in [0.29, 0.717) is 5.56 Å². The second-order valence-electron chi connectivity index (χ2n) is 7.77. The summed E-state index contributed by atoms with van der Waals surface area (Å²) in [4.78, 5) is 27.0. The number of aromatic hydroxyl groups is 1. The molecule has 5 nitrogen and oxygen atoms in total. The van der Waals surface area contributed by atoms with E-state index in [1.807, 2.05) is 0 Å². The maximum Gasteiger partial charge on any atom is 0.416 e. The Balaban J connectivity index is 1.91. The zero-order chi connectivity index (χ0) is 24.8. The molecule has 34 heavy (non-hydrogen) atoms. The van der Waals surface area contributed by atoms with Gasteiger partial charge in [0.05, 0.1) is 17.2 Å². The highest BCUT2D eigenvalue weighted by molar-refractivity contribution is 6.51. The Hall–Kier alpha value is -4.14. The van der Waals surface area contributed by atoms with Crippen LogP contribution in [0.25, 0.3) is 5.76 Å². The first-order valence-corrected chi connectivity index (χ1v) is 10.0. The van der Waals surface area contributed by atoms with Crippen LogP contribution in [0.2, 0.25) is 0 Å². The van der Waals surface area contributed by atoms with Crippen LogP contribution in [0.5, 0.6) is 5.75 Å². The lowest BCUT2D eigenvalue weighted by Crippen LogP contribution is -2.29. The van der Waals surface area contributed by atoms with Crippen molar-refractivity contribution in [1.29, 1.82) is 0 Å². The number of aliphatic hydroxyl groups excluding tert-OH is 1. The number of nitrogens with zero attached hydrogens (tertiary/aromatic N) is 1. The van der Waals surface area contributed by atoms with E-state index in [1.54, 1.807) is 0 Å². The lowest BCUT2D eigenvalue weighted by atomic mass is 9.94. The van der Waals surface area contributed by atoms with Gasteiger partial charge in [-0.25, -0.2) is 4.39 Å². The number of amides is 1. The molecule has 2 N–H and O–H groups in total. The van der Waals surface area contributed by atoms with Crippen LogP contribution in [-0.4, -0.2) is 21.9 Å². The van der Waals surface area contributed by atoms with Crippen molar-refractivity contribution >= 4 is 23.1 Å². The third-order valence-electron chi connectivity index (χ3n) is 5.56. The molecule has 0 saturated carbocycles. The molecule has 4 rings (SSSR count). The Morgan fingerprint density at radius 3 is 2.12 bits per heavy atom. The highest BCUT2D eigenvalue weighted by Gasteiger charge is 2.47. The fraction of sp³-hybridized carbons (Fsp3) is 0.120. The highest BCUT2D eigenvalue weighted by Crippen LogP contribution is 2.43. The van der Waals surface area contributed by atoms with Gasteiger partial charge in [0.25, 0.3) is 11.7 Å². The molecule has 1 aliphatic heterocycles. The molecule has 1 heterocycles. The van der Waals surface area contributed by atoms with E-state index in [4.69, 9.17) is 0 Å². The van der Waals surface area contributed by atoms with Crippen molar-refractivity contribution in [3.63, 3.8) is 0 Å². The summed E-state index contributed by atoms with van der Waals surface area (Å²) < 4.78 is 52.7. The van der Waals surface area contributed by atoms with Gasteiger partial charge in [-0.1, -0.05) is 12.1 Å². The molecule has 1 unspecified atom stereocenters. The van der Waals surface area contributed by atoms with E-state index in [1.165, 1.54) is 43.3 Å². The van der Waals surface area contributed by atoms with E-state index in [0.717, 1.165) is 35.2 Å². The number of carbonyl (C=O) groups is 2. The first-order valence-electron chi connectivity index (χ1n) is 10.0. The van der Waals surface area contributed by atoms with Gasteiger partial charge >= 0.3 is 6.18 Å². The first-order chi connectivity index (χ1) is 16.0. The molecule has 1 aliphatic rings. The van der Waals surface area contributed by atoms with Gasteiger partial charge in [0.1, 0.15) is 17.3 Å². The van der Waals surface area contributed by atoms with Gasteiger partial charge in [-0.2, -0.15) is 13.2 Å². The van der Waals surface area contributed by atoms with Crippen LogP contribution in [0, 0.1) is 12.7 Å². The van der Waals surface area contributed by atoms with Crippen LogP contribution in [0.1, 0.15) is 28.3 Å². The summed E-state index contributed by atoms with van der Waals surface area (Å²) in [5.74, 6) is -3.30. The van der Waals surface area contributed by atoms with Crippen LogP contribution >= 0.6 is 0 Å². The van der Waals surface area contributed by atoms with Crippen molar-refractivity contribution in [2.75, 3.05) is 4.90 Å². The molecule has 9 heteroatoms. The molecule has 1 atom stereocenters. The standard InChI is InChI=1S/C25H17F4NO4/c1-13-12-15(4-11-19(13)26)22(32)20-21(14-2-9-18(31)10-3-14)30(24(34)23(20)33)17-7-5-16(6-8-17)25(27,28)29/h2-12,21,31-32H,1H3/b22-20-. The molecule has 1 amide bonds. The van der Waals surface area contributed by atoms with Crippen molar-refractivity contribution in [2.24, 2.45) is 0 Å². The van der Waals surface area contributed by atoms with Gasteiger partial charge in [0, 0.05) is 11.3 Å². The minimum Gasteiger partial charge on any atom is -0.508 e. The number of rotatable bonds is 3. The van der Waals surface area contributed by atoms with Gasteiger partial charge in [-0.15, -0.1) is 0 Å². The van der Waals surface area contributed by atoms with E-state index >= 15 is 0 Å². The van der Waals surface area contributed by atoms with E-state index in [9.17, 15) is 37.4 Å². The second kappa shape index (κ2) is 8.33. The lowest BCUT2D eigenvalue weighted by Gasteiger charge is -2.25. The minimum absolute atomic E-state index is 0.00233.